The molecule has 0 bridgehead atoms. The van der Waals surface area contributed by atoms with Crippen molar-refractivity contribution in [2.45, 2.75) is 12.6 Å². The van der Waals surface area contributed by atoms with E-state index in [0.717, 1.165) is 5.56 Å². The van der Waals surface area contributed by atoms with Crippen LogP contribution >= 0.6 is 11.8 Å². The van der Waals surface area contributed by atoms with Gasteiger partial charge in [0.1, 0.15) is 24.0 Å². The second kappa shape index (κ2) is 10.8. The van der Waals surface area contributed by atoms with Crippen LogP contribution in [0.25, 0.3) is 0 Å². The summed E-state index contributed by atoms with van der Waals surface area (Å²) in [5.74, 6) is -0.578. The molecule has 1 heterocycles. The zero-order chi connectivity index (χ0) is 23.1. The third-order valence-corrected chi connectivity index (χ3v) is 5.49. The standard InChI is InChI=1S/C22H25N5O4S/c1-26(14-15-8-4-3-5-9-15)12-13-31-21(28)18-19(24-22(32-2)25-20(18)23)16-10-6-7-11-17(16)27(29)30/h3-11,19H,12-14,23H2,1-2H3,(H,24,25). The second-order valence-electron chi connectivity index (χ2n) is 7.17. The van der Waals surface area contributed by atoms with Gasteiger partial charge in [0.25, 0.3) is 5.69 Å². The Balaban J connectivity index is 1.74. The number of rotatable bonds is 8. The highest BCUT2D eigenvalue weighted by Crippen LogP contribution is 2.36. The van der Waals surface area contributed by atoms with Gasteiger partial charge in [-0.3, -0.25) is 15.0 Å². The molecule has 32 heavy (non-hydrogen) atoms. The first-order chi connectivity index (χ1) is 15.4. The summed E-state index contributed by atoms with van der Waals surface area (Å²) in [6, 6.07) is 15.2. The maximum Gasteiger partial charge on any atom is 0.340 e. The molecule has 1 aliphatic heterocycles. The number of esters is 1. The molecule has 1 unspecified atom stereocenters. The number of hydrogen-bond donors (Lipinski definition) is 2. The van der Waals surface area contributed by atoms with Crippen molar-refractivity contribution in [1.82, 2.24) is 10.2 Å². The number of benzene rings is 2. The SMILES string of the molecule is CSC1=NC(c2ccccc2[N+](=O)[O-])C(C(=O)OCCN(C)Cc2ccccc2)=C(N)N1. The third-order valence-electron chi connectivity index (χ3n) is 4.89. The lowest BCUT2D eigenvalue weighted by Crippen LogP contribution is -2.36. The number of likely N-dealkylation sites (N-methyl/N-ethyl adjacent to an activating group) is 1. The topological polar surface area (TPSA) is 123 Å². The molecule has 0 saturated carbocycles. The van der Waals surface area contributed by atoms with Crippen LogP contribution in [0.5, 0.6) is 0 Å². The fourth-order valence-electron chi connectivity index (χ4n) is 3.33. The maximum absolute atomic E-state index is 12.9. The van der Waals surface area contributed by atoms with Crippen LogP contribution < -0.4 is 11.1 Å². The molecule has 10 heteroatoms. The largest absolute Gasteiger partial charge is 0.461 e. The number of nitro benzene ring substituents is 1. The molecule has 0 fully saturated rings. The van der Waals surface area contributed by atoms with Crippen molar-refractivity contribution in [3.05, 3.63) is 87.2 Å². The lowest BCUT2D eigenvalue weighted by molar-refractivity contribution is -0.385. The fourth-order valence-corrected chi connectivity index (χ4v) is 3.75. The quantitative estimate of drug-likeness (QED) is 0.354. The number of hydrogen-bond acceptors (Lipinski definition) is 9. The van der Waals surface area contributed by atoms with Crippen molar-refractivity contribution in [3.63, 3.8) is 0 Å². The number of nitro groups is 1. The first kappa shape index (κ1) is 23.3. The van der Waals surface area contributed by atoms with Crippen molar-refractivity contribution in [2.75, 3.05) is 26.5 Å². The average molecular weight is 456 g/mol. The minimum Gasteiger partial charge on any atom is -0.461 e. The summed E-state index contributed by atoms with van der Waals surface area (Å²) in [6.07, 6.45) is 1.79. The molecule has 3 N–H and O–H groups in total. The van der Waals surface area contributed by atoms with Gasteiger partial charge in [-0.1, -0.05) is 54.2 Å². The Kier molecular flexibility index (Phi) is 7.85. The molecule has 0 spiro atoms. The molecule has 0 amide bonds. The first-order valence-electron chi connectivity index (χ1n) is 9.92. The Morgan fingerprint density at radius 2 is 1.94 bits per heavy atom. The number of para-hydroxylation sites is 1. The number of nitrogens with zero attached hydrogens (tertiary/aromatic N) is 3. The lowest BCUT2D eigenvalue weighted by atomic mass is 9.96. The van der Waals surface area contributed by atoms with Crippen LogP contribution in [0.1, 0.15) is 17.2 Å². The summed E-state index contributed by atoms with van der Waals surface area (Å²) in [7, 11) is 1.93. The van der Waals surface area contributed by atoms with Crippen molar-refractivity contribution in [3.8, 4) is 0 Å². The summed E-state index contributed by atoms with van der Waals surface area (Å²) < 4.78 is 5.48. The van der Waals surface area contributed by atoms with Gasteiger partial charge in [-0.25, -0.2) is 9.79 Å². The van der Waals surface area contributed by atoms with Crippen LogP contribution in [-0.2, 0) is 16.1 Å². The number of carbonyl (C=O) groups is 1. The zero-order valence-electron chi connectivity index (χ0n) is 17.9. The highest BCUT2D eigenvalue weighted by Gasteiger charge is 2.34. The van der Waals surface area contributed by atoms with Gasteiger partial charge in [0.05, 0.1) is 10.5 Å². The molecular formula is C22H25N5O4S. The summed E-state index contributed by atoms with van der Waals surface area (Å²) in [6.45, 7) is 1.36. The van der Waals surface area contributed by atoms with Crippen LogP contribution in [0.2, 0.25) is 0 Å². The van der Waals surface area contributed by atoms with E-state index in [-0.39, 0.29) is 29.3 Å². The lowest BCUT2D eigenvalue weighted by Gasteiger charge is -2.25. The van der Waals surface area contributed by atoms with Crippen LogP contribution in [-0.4, -0.2) is 47.4 Å². The molecular weight excluding hydrogens is 430 g/mol. The summed E-state index contributed by atoms with van der Waals surface area (Å²) >= 11 is 1.29. The molecule has 2 aromatic carbocycles. The molecule has 168 valence electrons. The highest BCUT2D eigenvalue weighted by atomic mass is 32.2. The third kappa shape index (κ3) is 5.65. The number of thioether (sulfide) groups is 1. The molecule has 0 radical (unpaired) electrons. The van der Waals surface area contributed by atoms with Gasteiger partial charge >= 0.3 is 5.97 Å². The number of ether oxygens (including phenoxy) is 1. The fraction of sp³-hybridized carbons (Fsp3) is 0.273. The van der Waals surface area contributed by atoms with Gasteiger partial charge in [-0.15, -0.1) is 0 Å². The molecule has 0 saturated heterocycles. The molecule has 9 nitrogen and oxygen atoms in total. The van der Waals surface area contributed by atoms with E-state index in [4.69, 9.17) is 10.5 Å². The molecule has 2 aromatic rings. The van der Waals surface area contributed by atoms with E-state index in [9.17, 15) is 14.9 Å². The molecule has 1 aliphatic rings. The van der Waals surface area contributed by atoms with E-state index in [1.807, 2.05) is 42.3 Å². The van der Waals surface area contributed by atoms with E-state index < -0.39 is 16.9 Å². The summed E-state index contributed by atoms with van der Waals surface area (Å²) in [5, 5.41) is 14.9. The first-order valence-corrected chi connectivity index (χ1v) is 11.1. The van der Waals surface area contributed by atoms with Gasteiger partial charge in [0.15, 0.2) is 5.17 Å². The van der Waals surface area contributed by atoms with Gasteiger partial charge < -0.3 is 15.8 Å². The average Bonchev–Trinajstić information content (AvgIpc) is 2.79. The highest BCUT2D eigenvalue weighted by molar-refractivity contribution is 8.13. The van der Waals surface area contributed by atoms with Crippen LogP contribution in [0, 0.1) is 10.1 Å². The Labute approximate surface area is 190 Å². The monoisotopic (exact) mass is 455 g/mol. The Hall–Kier alpha value is -3.37. The molecule has 1 atom stereocenters. The molecule has 3 rings (SSSR count). The minimum absolute atomic E-state index is 0.0582. The number of aliphatic imine (C=N–C) groups is 1. The Bertz CT molecular complexity index is 1040. The van der Waals surface area contributed by atoms with Gasteiger partial charge in [0, 0.05) is 19.2 Å². The van der Waals surface area contributed by atoms with E-state index in [1.165, 1.54) is 17.8 Å². The summed E-state index contributed by atoms with van der Waals surface area (Å²) in [5.41, 5.74) is 7.48. The van der Waals surface area contributed by atoms with Crippen LogP contribution in [0.15, 0.2) is 71.0 Å². The zero-order valence-corrected chi connectivity index (χ0v) is 18.7. The van der Waals surface area contributed by atoms with E-state index in [2.05, 4.69) is 10.3 Å². The predicted octanol–water partition coefficient (Wildman–Crippen LogP) is 2.80. The van der Waals surface area contributed by atoms with Gasteiger partial charge in [-0.2, -0.15) is 0 Å². The van der Waals surface area contributed by atoms with Gasteiger partial charge in [0.2, 0.25) is 0 Å². The summed E-state index contributed by atoms with van der Waals surface area (Å²) in [4.78, 5) is 30.5. The van der Waals surface area contributed by atoms with Crippen molar-refractivity contribution in [1.29, 1.82) is 0 Å². The van der Waals surface area contributed by atoms with Gasteiger partial charge in [-0.05, 0) is 24.9 Å². The molecule has 0 aromatic heterocycles. The van der Waals surface area contributed by atoms with E-state index >= 15 is 0 Å². The van der Waals surface area contributed by atoms with E-state index in [1.54, 1.807) is 24.5 Å². The van der Waals surface area contributed by atoms with Crippen LogP contribution in [0.4, 0.5) is 5.69 Å². The Morgan fingerprint density at radius 3 is 2.62 bits per heavy atom. The van der Waals surface area contributed by atoms with Crippen molar-refractivity contribution in [2.24, 2.45) is 10.7 Å². The van der Waals surface area contributed by atoms with Crippen molar-refractivity contribution >= 4 is 28.6 Å². The van der Waals surface area contributed by atoms with Crippen LogP contribution in [0.3, 0.4) is 0 Å². The smallest absolute Gasteiger partial charge is 0.340 e. The number of carbonyl (C=O) groups excluding carboxylic acids is 1. The number of nitrogens with one attached hydrogen (secondary N) is 1. The predicted molar refractivity (Wildman–Crippen MR) is 125 cm³/mol. The number of amidine groups is 1. The maximum atomic E-state index is 12.9. The Morgan fingerprint density at radius 1 is 1.25 bits per heavy atom. The minimum atomic E-state index is -0.935. The number of nitrogens with two attached hydrogens (primary N) is 1. The normalized spacial score (nSPS) is 15.8. The second-order valence-corrected chi connectivity index (χ2v) is 7.96. The van der Waals surface area contributed by atoms with E-state index in [0.29, 0.717) is 18.3 Å². The van der Waals surface area contributed by atoms with Crippen molar-refractivity contribution < 1.29 is 14.5 Å². The molecule has 0 aliphatic carbocycles.